The Morgan fingerprint density at radius 3 is 2.71 bits per heavy atom. The van der Waals surface area contributed by atoms with Gasteiger partial charge in [-0.1, -0.05) is 0 Å². The van der Waals surface area contributed by atoms with E-state index < -0.39 is 0 Å². The van der Waals surface area contributed by atoms with Gasteiger partial charge in [0.2, 0.25) is 0 Å². The van der Waals surface area contributed by atoms with Crippen LogP contribution >= 0.6 is 11.3 Å². The summed E-state index contributed by atoms with van der Waals surface area (Å²) >= 11 is 1.64. The number of fused-ring (bicyclic) bond motifs is 2. The molecular formula is C21H22N4O2S. The van der Waals surface area contributed by atoms with Crippen LogP contribution in [0.25, 0.3) is 31.8 Å². The molecule has 2 aromatic heterocycles. The van der Waals surface area contributed by atoms with Gasteiger partial charge in [-0.3, -0.25) is 4.98 Å². The third-order valence-electron chi connectivity index (χ3n) is 4.41. The SMILES string of the molecule is COCc1cnc2c(-c3nc4c(C)cc(OCCN)cc4s3)cc(C)cc2n1. The highest BCUT2D eigenvalue weighted by atomic mass is 32.1. The fourth-order valence-electron chi connectivity index (χ4n) is 3.22. The number of thiazole rings is 1. The quantitative estimate of drug-likeness (QED) is 0.532. The van der Waals surface area contributed by atoms with Crippen LogP contribution in [0.15, 0.2) is 30.5 Å². The predicted octanol–water partition coefficient (Wildman–Crippen LogP) is 4.01. The molecule has 7 heteroatoms. The van der Waals surface area contributed by atoms with Gasteiger partial charge in [0.15, 0.2) is 0 Å². The highest BCUT2D eigenvalue weighted by Gasteiger charge is 2.15. The summed E-state index contributed by atoms with van der Waals surface area (Å²) < 4.78 is 12.0. The third kappa shape index (κ3) is 3.56. The van der Waals surface area contributed by atoms with E-state index in [0.717, 1.165) is 54.4 Å². The Balaban J connectivity index is 1.85. The molecule has 28 heavy (non-hydrogen) atoms. The molecule has 0 bridgehead atoms. The minimum Gasteiger partial charge on any atom is -0.492 e. The lowest BCUT2D eigenvalue weighted by molar-refractivity contribution is 0.181. The van der Waals surface area contributed by atoms with Crippen LogP contribution in [0.1, 0.15) is 16.8 Å². The van der Waals surface area contributed by atoms with Crippen molar-refractivity contribution in [1.82, 2.24) is 15.0 Å². The Hall–Kier alpha value is -2.61. The topological polar surface area (TPSA) is 83.2 Å². The summed E-state index contributed by atoms with van der Waals surface area (Å²) in [7, 11) is 1.66. The van der Waals surface area contributed by atoms with Crippen LogP contribution in [0.4, 0.5) is 0 Å². The zero-order valence-corrected chi connectivity index (χ0v) is 17.0. The second-order valence-electron chi connectivity index (χ2n) is 6.72. The van der Waals surface area contributed by atoms with Crippen molar-refractivity contribution in [3.63, 3.8) is 0 Å². The molecule has 0 spiro atoms. The molecule has 0 amide bonds. The molecule has 2 heterocycles. The minimum atomic E-state index is 0.443. The first-order valence-electron chi connectivity index (χ1n) is 9.08. The van der Waals surface area contributed by atoms with E-state index in [0.29, 0.717) is 19.8 Å². The van der Waals surface area contributed by atoms with Crippen molar-refractivity contribution in [3.05, 3.63) is 47.3 Å². The maximum atomic E-state index is 5.70. The van der Waals surface area contributed by atoms with E-state index in [4.69, 9.17) is 20.2 Å². The van der Waals surface area contributed by atoms with Crippen molar-refractivity contribution >= 4 is 32.6 Å². The summed E-state index contributed by atoms with van der Waals surface area (Å²) in [5, 5.41) is 0.927. The van der Waals surface area contributed by atoms with Gasteiger partial charge in [-0.15, -0.1) is 11.3 Å². The second-order valence-corrected chi connectivity index (χ2v) is 7.75. The monoisotopic (exact) mass is 394 g/mol. The summed E-state index contributed by atoms with van der Waals surface area (Å²) in [6.07, 6.45) is 1.77. The van der Waals surface area contributed by atoms with Crippen LogP contribution in [0.5, 0.6) is 5.75 Å². The Kier molecular flexibility index (Phi) is 5.21. The van der Waals surface area contributed by atoms with Crippen molar-refractivity contribution in [1.29, 1.82) is 0 Å². The van der Waals surface area contributed by atoms with Crippen molar-refractivity contribution in [2.75, 3.05) is 20.3 Å². The number of benzene rings is 2. The Morgan fingerprint density at radius 2 is 1.93 bits per heavy atom. The smallest absolute Gasteiger partial charge is 0.126 e. The minimum absolute atomic E-state index is 0.443. The van der Waals surface area contributed by atoms with Gasteiger partial charge in [-0.05, 0) is 49.2 Å². The highest BCUT2D eigenvalue weighted by molar-refractivity contribution is 7.21. The summed E-state index contributed by atoms with van der Waals surface area (Å²) in [6.45, 7) is 5.54. The maximum absolute atomic E-state index is 5.70. The molecule has 0 atom stereocenters. The van der Waals surface area contributed by atoms with Crippen LogP contribution in [-0.4, -0.2) is 35.2 Å². The van der Waals surface area contributed by atoms with Gasteiger partial charge >= 0.3 is 0 Å². The van der Waals surface area contributed by atoms with Gasteiger partial charge in [-0.2, -0.15) is 0 Å². The van der Waals surface area contributed by atoms with Gasteiger partial charge in [0, 0.05) is 19.2 Å². The summed E-state index contributed by atoms with van der Waals surface area (Å²) in [5.41, 5.74) is 12.2. The molecule has 144 valence electrons. The van der Waals surface area contributed by atoms with Crippen LogP contribution < -0.4 is 10.5 Å². The Bertz CT molecular complexity index is 1160. The molecule has 0 aliphatic rings. The van der Waals surface area contributed by atoms with Crippen molar-refractivity contribution in [2.45, 2.75) is 20.5 Å². The Labute approximate surface area is 167 Å². The number of rotatable bonds is 6. The number of nitrogens with two attached hydrogens (primary N) is 1. The molecule has 0 radical (unpaired) electrons. The van der Waals surface area contributed by atoms with Gasteiger partial charge in [-0.25, -0.2) is 9.97 Å². The molecule has 6 nitrogen and oxygen atoms in total. The molecule has 0 unspecified atom stereocenters. The highest BCUT2D eigenvalue weighted by Crippen LogP contribution is 2.37. The van der Waals surface area contributed by atoms with E-state index in [9.17, 15) is 0 Å². The maximum Gasteiger partial charge on any atom is 0.126 e. The number of nitrogens with zero attached hydrogens (tertiary/aromatic N) is 3. The van der Waals surface area contributed by atoms with E-state index >= 15 is 0 Å². The zero-order chi connectivity index (χ0) is 19.7. The first-order valence-corrected chi connectivity index (χ1v) is 9.90. The van der Waals surface area contributed by atoms with Crippen molar-refractivity contribution in [2.24, 2.45) is 5.73 Å². The van der Waals surface area contributed by atoms with Crippen LogP contribution in [-0.2, 0) is 11.3 Å². The average molecular weight is 395 g/mol. The fraction of sp³-hybridized carbons (Fsp3) is 0.286. The molecule has 2 aromatic carbocycles. The number of methoxy groups -OCH3 is 1. The lowest BCUT2D eigenvalue weighted by Gasteiger charge is -2.06. The van der Waals surface area contributed by atoms with Gasteiger partial charge < -0.3 is 15.2 Å². The van der Waals surface area contributed by atoms with Crippen molar-refractivity contribution < 1.29 is 9.47 Å². The number of ether oxygens (including phenoxy) is 2. The third-order valence-corrected chi connectivity index (χ3v) is 5.44. The summed E-state index contributed by atoms with van der Waals surface area (Å²) in [5.74, 6) is 0.823. The molecular weight excluding hydrogens is 372 g/mol. The first-order chi connectivity index (χ1) is 13.6. The number of hydrogen-bond donors (Lipinski definition) is 1. The Morgan fingerprint density at radius 1 is 1.07 bits per heavy atom. The number of hydrogen-bond acceptors (Lipinski definition) is 7. The summed E-state index contributed by atoms with van der Waals surface area (Å²) in [4.78, 5) is 14.2. The summed E-state index contributed by atoms with van der Waals surface area (Å²) in [6, 6.07) is 8.19. The average Bonchev–Trinajstić information content (AvgIpc) is 3.10. The molecule has 0 aliphatic heterocycles. The largest absolute Gasteiger partial charge is 0.492 e. The first kappa shape index (κ1) is 18.7. The normalized spacial score (nSPS) is 11.4. The molecule has 0 saturated carbocycles. The van der Waals surface area contributed by atoms with Crippen molar-refractivity contribution in [3.8, 4) is 16.3 Å². The van der Waals surface area contributed by atoms with E-state index in [1.807, 2.05) is 25.1 Å². The lowest BCUT2D eigenvalue weighted by atomic mass is 10.1. The number of aryl methyl sites for hydroxylation is 2. The van der Waals surface area contributed by atoms with Crippen LogP contribution in [0.2, 0.25) is 0 Å². The molecule has 4 rings (SSSR count). The fourth-order valence-corrected chi connectivity index (χ4v) is 4.31. The molecule has 0 saturated heterocycles. The van der Waals surface area contributed by atoms with Crippen LogP contribution in [0, 0.1) is 13.8 Å². The number of aromatic nitrogens is 3. The standard InChI is InChI=1S/C21H22N4O2S/c1-12-6-16(20-17(7-12)24-14(10-23-20)11-26-3)21-25-19-13(2)8-15(27-5-4-22)9-18(19)28-21/h6-10H,4-5,11,22H2,1-3H3. The van der Waals surface area contributed by atoms with E-state index in [2.05, 4.69) is 23.0 Å². The van der Waals surface area contributed by atoms with Gasteiger partial charge in [0.05, 0.1) is 39.7 Å². The molecule has 0 fully saturated rings. The van der Waals surface area contributed by atoms with E-state index in [1.54, 1.807) is 24.6 Å². The van der Waals surface area contributed by atoms with Gasteiger partial charge in [0.1, 0.15) is 17.4 Å². The zero-order valence-electron chi connectivity index (χ0n) is 16.2. The molecule has 2 N–H and O–H groups in total. The molecule has 4 aromatic rings. The molecule has 0 aliphatic carbocycles. The second kappa shape index (κ2) is 7.79. The van der Waals surface area contributed by atoms with Gasteiger partial charge in [0.25, 0.3) is 0 Å². The van der Waals surface area contributed by atoms with E-state index in [1.165, 1.54) is 0 Å². The van der Waals surface area contributed by atoms with Crippen LogP contribution in [0.3, 0.4) is 0 Å². The predicted molar refractivity (Wildman–Crippen MR) is 113 cm³/mol. The lowest BCUT2D eigenvalue weighted by Crippen LogP contribution is -2.10. The van der Waals surface area contributed by atoms with E-state index in [-0.39, 0.29) is 0 Å².